The van der Waals surface area contributed by atoms with Crippen LogP contribution in [-0.4, -0.2) is 18.2 Å². The summed E-state index contributed by atoms with van der Waals surface area (Å²) in [6.07, 6.45) is 3.86. The number of hydrogen-bond donors (Lipinski definition) is 2. The SMILES string of the molecule is CCCC(C)CNC(=O)CCCS. The molecule has 0 aliphatic heterocycles. The molecule has 0 aromatic carbocycles. The van der Waals surface area contributed by atoms with Crippen LogP contribution in [0.3, 0.4) is 0 Å². The summed E-state index contributed by atoms with van der Waals surface area (Å²) in [6.45, 7) is 5.15. The van der Waals surface area contributed by atoms with Crippen molar-refractivity contribution in [3.05, 3.63) is 0 Å². The van der Waals surface area contributed by atoms with E-state index >= 15 is 0 Å². The Labute approximate surface area is 86.9 Å². The summed E-state index contributed by atoms with van der Waals surface area (Å²) in [4.78, 5) is 11.2. The molecule has 0 heterocycles. The van der Waals surface area contributed by atoms with Gasteiger partial charge >= 0.3 is 0 Å². The van der Waals surface area contributed by atoms with Gasteiger partial charge in [0.25, 0.3) is 0 Å². The first-order valence-corrected chi connectivity index (χ1v) is 5.71. The van der Waals surface area contributed by atoms with E-state index in [1.54, 1.807) is 0 Å². The lowest BCUT2D eigenvalue weighted by Gasteiger charge is -2.10. The molecular weight excluding hydrogens is 182 g/mol. The zero-order chi connectivity index (χ0) is 10.1. The molecule has 0 fully saturated rings. The van der Waals surface area contributed by atoms with E-state index in [4.69, 9.17) is 0 Å². The Hall–Kier alpha value is -0.180. The third-order valence-corrected chi connectivity index (χ3v) is 2.31. The van der Waals surface area contributed by atoms with E-state index < -0.39 is 0 Å². The lowest BCUT2D eigenvalue weighted by molar-refractivity contribution is -0.121. The first kappa shape index (κ1) is 12.8. The lowest BCUT2D eigenvalue weighted by Crippen LogP contribution is -2.28. The van der Waals surface area contributed by atoms with Crippen LogP contribution in [0.2, 0.25) is 0 Å². The third-order valence-electron chi connectivity index (χ3n) is 1.99. The fourth-order valence-corrected chi connectivity index (χ4v) is 1.37. The summed E-state index contributed by atoms with van der Waals surface area (Å²) in [7, 11) is 0. The van der Waals surface area contributed by atoms with Crippen LogP contribution in [0.4, 0.5) is 0 Å². The van der Waals surface area contributed by atoms with Crippen molar-refractivity contribution in [3.63, 3.8) is 0 Å². The summed E-state index contributed by atoms with van der Waals surface area (Å²) in [5, 5.41) is 2.93. The highest BCUT2D eigenvalue weighted by atomic mass is 32.1. The van der Waals surface area contributed by atoms with Gasteiger partial charge in [0, 0.05) is 13.0 Å². The van der Waals surface area contributed by atoms with E-state index in [0.717, 1.165) is 18.7 Å². The zero-order valence-electron chi connectivity index (χ0n) is 8.68. The van der Waals surface area contributed by atoms with Gasteiger partial charge in [-0.05, 0) is 24.5 Å². The molecule has 2 nitrogen and oxygen atoms in total. The third kappa shape index (κ3) is 8.16. The van der Waals surface area contributed by atoms with Gasteiger partial charge in [0.15, 0.2) is 0 Å². The van der Waals surface area contributed by atoms with Crippen LogP contribution in [0, 0.1) is 5.92 Å². The van der Waals surface area contributed by atoms with E-state index in [-0.39, 0.29) is 5.91 Å². The van der Waals surface area contributed by atoms with E-state index in [1.165, 1.54) is 12.8 Å². The number of hydrogen-bond acceptors (Lipinski definition) is 2. The van der Waals surface area contributed by atoms with E-state index in [9.17, 15) is 4.79 Å². The summed E-state index contributed by atoms with van der Waals surface area (Å²) < 4.78 is 0. The summed E-state index contributed by atoms with van der Waals surface area (Å²) in [5.41, 5.74) is 0. The molecule has 0 bridgehead atoms. The molecular formula is C10H21NOS. The molecule has 0 saturated carbocycles. The second kappa shape index (κ2) is 8.42. The highest BCUT2D eigenvalue weighted by Gasteiger charge is 2.03. The van der Waals surface area contributed by atoms with Crippen molar-refractivity contribution in [1.29, 1.82) is 0 Å². The molecule has 1 N–H and O–H groups in total. The first-order chi connectivity index (χ1) is 6.20. The molecule has 1 unspecified atom stereocenters. The fraction of sp³-hybridized carbons (Fsp3) is 0.900. The second-order valence-electron chi connectivity index (χ2n) is 3.53. The number of thiol groups is 1. The number of nitrogens with one attached hydrogen (secondary N) is 1. The van der Waals surface area contributed by atoms with Gasteiger partial charge in [-0.1, -0.05) is 20.3 Å². The van der Waals surface area contributed by atoms with E-state index in [1.807, 2.05) is 0 Å². The molecule has 0 aromatic rings. The monoisotopic (exact) mass is 203 g/mol. The molecule has 3 heteroatoms. The number of carbonyl (C=O) groups excluding carboxylic acids is 1. The van der Waals surface area contributed by atoms with Gasteiger partial charge in [-0.3, -0.25) is 4.79 Å². The van der Waals surface area contributed by atoms with Crippen molar-refractivity contribution in [3.8, 4) is 0 Å². The molecule has 1 amide bonds. The molecule has 0 aromatic heterocycles. The molecule has 0 aliphatic carbocycles. The highest BCUT2D eigenvalue weighted by molar-refractivity contribution is 7.80. The lowest BCUT2D eigenvalue weighted by atomic mass is 10.1. The second-order valence-corrected chi connectivity index (χ2v) is 3.97. The molecule has 0 radical (unpaired) electrons. The Balaban J connectivity index is 3.34. The van der Waals surface area contributed by atoms with Crippen molar-refractivity contribution < 1.29 is 4.79 Å². The van der Waals surface area contributed by atoms with Crippen LogP contribution in [0.25, 0.3) is 0 Å². The van der Waals surface area contributed by atoms with Gasteiger partial charge < -0.3 is 5.32 Å². The predicted molar refractivity (Wildman–Crippen MR) is 60.2 cm³/mol. The molecule has 0 aliphatic rings. The smallest absolute Gasteiger partial charge is 0.220 e. The minimum absolute atomic E-state index is 0.164. The molecule has 1 atom stereocenters. The number of amides is 1. The summed E-state index contributed by atoms with van der Waals surface area (Å²) in [5.74, 6) is 1.56. The Kier molecular flexibility index (Phi) is 8.30. The molecule has 0 saturated heterocycles. The Morgan fingerprint density at radius 1 is 1.54 bits per heavy atom. The van der Waals surface area contributed by atoms with Crippen molar-refractivity contribution in [2.24, 2.45) is 5.92 Å². The molecule has 78 valence electrons. The summed E-state index contributed by atoms with van der Waals surface area (Å²) >= 11 is 4.06. The molecule has 13 heavy (non-hydrogen) atoms. The zero-order valence-corrected chi connectivity index (χ0v) is 9.57. The van der Waals surface area contributed by atoms with Crippen LogP contribution in [0.15, 0.2) is 0 Å². The topological polar surface area (TPSA) is 29.1 Å². The minimum atomic E-state index is 0.164. The van der Waals surface area contributed by atoms with Crippen LogP contribution in [-0.2, 0) is 4.79 Å². The van der Waals surface area contributed by atoms with Crippen molar-refractivity contribution in [2.45, 2.75) is 39.5 Å². The Bertz CT molecular complexity index is 139. The van der Waals surface area contributed by atoms with Crippen LogP contribution >= 0.6 is 12.6 Å². The maximum Gasteiger partial charge on any atom is 0.220 e. The van der Waals surface area contributed by atoms with Gasteiger partial charge in [-0.15, -0.1) is 0 Å². The minimum Gasteiger partial charge on any atom is -0.356 e. The van der Waals surface area contributed by atoms with E-state index in [0.29, 0.717) is 12.3 Å². The van der Waals surface area contributed by atoms with Crippen molar-refractivity contribution in [1.82, 2.24) is 5.32 Å². The van der Waals surface area contributed by atoms with E-state index in [2.05, 4.69) is 31.8 Å². The van der Waals surface area contributed by atoms with Gasteiger partial charge in [0.1, 0.15) is 0 Å². The fourth-order valence-electron chi connectivity index (χ4n) is 1.21. The predicted octanol–water partition coefficient (Wildman–Crippen LogP) is 2.25. The largest absolute Gasteiger partial charge is 0.356 e. The van der Waals surface area contributed by atoms with Crippen LogP contribution in [0.5, 0.6) is 0 Å². The first-order valence-electron chi connectivity index (χ1n) is 5.08. The highest BCUT2D eigenvalue weighted by Crippen LogP contribution is 2.02. The van der Waals surface area contributed by atoms with Crippen molar-refractivity contribution >= 4 is 18.5 Å². The molecule has 0 rings (SSSR count). The Morgan fingerprint density at radius 3 is 2.77 bits per heavy atom. The van der Waals surface area contributed by atoms with Crippen LogP contribution < -0.4 is 5.32 Å². The number of carbonyl (C=O) groups is 1. The average molecular weight is 203 g/mol. The van der Waals surface area contributed by atoms with Gasteiger partial charge in [-0.25, -0.2) is 0 Å². The Morgan fingerprint density at radius 2 is 2.23 bits per heavy atom. The van der Waals surface area contributed by atoms with Gasteiger partial charge in [-0.2, -0.15) is 12.6 Å². The number of rotatable bonds is 7. The maximum absolute atomic E-state index is 11.2. The molecule has 0 spiro atoms. The van der Waals surface area contributed by atoms with Crippen LogP contribution in [0.1, 0.15) is 39.5 Å². The van der Waals surface area contributed by atoms with Crippen molar-refractivity contribution in [2.75, 3.05) is 12.3 Å². The quantitative estimate of drug-likeness (QED) is 0.611. The normalized spacial score (nSPS) is 12.5. The van der Waals surface area contributed by atoms with Gasteiger partial charge in [0.05, 0.1) is 0 Å². The van der Waals surface area contributed by atoms with Gasteiger partial charge in [0.2, 0.25) is 5.91 Å². The standard InChI is InChI=1S/C10H21NOS/c1-3-5-9(2)8-11-10(12)6-4-7-13/h9,13H,3-8H2,1-2H3,(H,11,12). The average Bonchev–Trinajstić information content (AvgIpc) is 2.12. The summed E-state index contributed by atoms with van der Waals surface area (Å²) in [6, 6.07) is 0. The maximum atomic E-state index is 11.2.